The Hall–Kier alpha value is -1.58. The first-order valence-corrected chi connectivity index (χ1v) is 6.23. The Balaban J connectivity index is 1.80. The number of hydrogen-bond donors (Lipinski definition) is 2. The third-order valence-electron chi connectivity index (χ3n) is 3.39. The van der Waals surface area contributed by atoms with Crippen LogP contribution in [0.1, 0.15) is 32.1 Å². The van der Waals surface area contributed by atoms with Crippen molar-refractivity contribution in [2.45, 2.75) is 38.1 Å². The van der Waals surface area contributed by atoms with Gasteiger partial charge in [-0.2, -0.15) is 0 Å². The van der Waals surface area contributed by atoms with Crippen LogP contribution in [0.4, 0.5) is 10.3 Å². The Kier molecular flexibility index (Phi) is 2.71. The van der Waals surface area contributed by atoms with E-state index in [1.54, 1.807) is 6.07 Å². The topological polar surface area (TPSA) is 40.7 Å². The number of nitrogens with one attached hydrogen (secondary N) is 2. The zero-order valence-corrected chi connectivity index (χ0v) is 9.67. The minimum atomic E-state index is -0.231. The van der Waals surface area contributed by atoms with E-state index in [0.717, 1.165) is 17.0 Å². The maximum Gasteiger partial charge on any atom is 0.201 e. The van der Waals surface area contributed by atoms with Gasteiger partial charge in [0.1, 0.15) is 5.82 Å². The second-order valence-electron chi connectivity index (χ2n) is 4.73. The number of benzene rings is 1. The number of anilines is 1. The zero-order chi connectivity index (χ0) is 11.7. The maximum absolute atomic E-state index is 13.0. The van der Waals surface area contributed by atoms with Crippen molar-refractivity contribution in [2.24, 2.45) is 0 Å². The highest BCUT2D eigenvalue weighted by Crippen LogP contribution is 2.22. The first-order valence-electron chi connectivity index (χ1n) is 6.23. The van der Waals surface area contributed by atoms with Gasteiger partial charge in [0.05, 0.1) is 11.0 Å². The van der Waals surface area contributed by atoms with Crippen molar-refractivity contribution < 1.29 is 4.39 Å². The molecule has 1 aliphatic rings. The quantitative estimate of drug-likeness (QED) is 0.834. The molecule has 1 aromatic heterocycles. The van der Waals surface area contributed by atoms with Gasteiger partial charge < -0.3 is 10.3 Å². The van der Waals surface area contributed by atoms with E-state index in [4.69, 9.17) is 0 Å². The minimum absolute atomic E-state index is 0.231. The van der Waals surface area contributed by atoms with Crippen molar-refractivity contribution in [3.8, 4) is 0 Å². The summed E-state index contributed by atoms with van der Waals surface area (Å²) >= 11 is 0. The molecule has 0 spiro atoms. The SMILES string of the molecule is Fc1ccc2nc(NC3CCCCC3)[nH]c2c1. The highest BCUT2D eigenvalue weighted by atomic mass is 19.1. The predicted octanol–water partition coefficient (Wildman–Crippen LogP) is 3.45. The number of hydrogen-bond acceptors (Lipinski definition) is 2. The molecule has 0 bridgehead atoms. The number of aromatic amines is 1. The molecule has 3 nitrogen and oxygen atoms in total. The summed E-state index contributed by atoms with van der Waals surface area (Å²) in [5.74, 6) is 0.530. The fourth-order valence-electron chi connectivity index (χ4n) is 2.49. The van der Waals surface area contributed by atoms with Crippen LogP contribution < -0.4 is 5.32 Å². The molecular formula is C13H16FN3. The molecule has 2 N–H and O–H groups in total. The van der Waals surface area contributed by atoms with E-state index in [9.17, 15) is 4.39 Å². The number of nitrogens with zero attached hydrogens (tertiary/aromatic N) is 1. The smallest absolute Gasteiger partial charge is 0.201 e. The zero-order valence-electron chi connectivity index (χ0n) is 9.67. The van der Waals surface area contributed by atoms with Gasteiger partial charge >= 0.3 is 0 Å². The molecule has 90 valence electrons. The van der Waals surface area contributed by atoms with Crippen LogP contribution in [0.15, 0.2) is 18.2 Å². The molecule has 1 aromatic carbocycles. The summed E-state index contributed by atoms with van der Waals surface area (Å²) in [6.45, 7) is 0. The van der Waals surface area contributed by atoms with E-state index in [1.165, 1.54) is 44.2 Å². The fraction of sp³-hybridized carbons (Fsp3) is 0.462. The van der Waals surface area contributed by atoms with Crippen molar-refractivity contribution in [1.29, 1.82) is 0 Å². The van der Waals surface area contributed by atoms with E-state index in [-0.39, 0.29) is 5.82 Å². The molecule has 1 aliphatic carbocycles. The molecule has 2 aromatic rings. The lowest BCUT2D eigenvalue weighted by Gasteiger charge is -2.22. The van der Waals surface area contributed by atoms with Crippen molar-refractivity contribution in [2.75, 3.05) is 5.32 Å². The van der Waals surface area contributed by atoms with Crippen molar-refractivity contribution >= 4 is 17.0 Å². The van der Waals surface area contributed by atoms with Crippen LogP contribution in [-0.2, 0) is 0 Å². The molecular weight excluding hydrogens is 217 g/mol. The van der Waals surface area contributed by atoms with Crippen molar-refractivity contribution in [1.82, 2.24) is 9.97 Å². The molecule has 0 aliphatic heterocycles. The second kappa shape index (κ2) is 4.35. The summed E-state index contributed by atoms with van der Waals surface area (Å²) in [6.07, 6.45) is 6.30. The number of imidazole rings is 1. The average Bonchev–Trinajstić information content (AvgIpc) is 2.71. The lowest BCUT2D eigenvalue weighted by atomic mass is 9.96. The average molecular weight is 233 g/mol. The van der Waals surface area contributed by atoms with Gasteiger partial charge in [0, 0.05) is 6.04 Å². The summed E-state index contributed by atoms with van der Waals surface area (Å²) in [7, 11) is 0. The molecule has 1 saturated carbocycles. The van der Waals surface area contributed by atoms with Crippen LogP contribution in [0.2, 0.25) is 0 Å². The Labute approximate surface area is 99.4 Å². The van der Waals surface area contributed by atoms with Crippen LogP contribution in [0, 0.1) is 5.82 Å². The van der Waals surface area contributed by atoms with Crippen molar-refractivity contribution in [3.05, 3.63) is 24.0 Å². The molecule has 4 heteroatoms. The molecule has 0 unspecified atom stereocenters. The van der Waals surface area contributed by atoms with Gasteiger partial charge in [-0.05, 0) is 31.0 Å². The number of H-pyrrole nitrogens is 1. The molecule has 0 saturated heterocycles. The Morgan fingerprint density at radius 3 is 2.88 bits per heavy atom. The molecule has 3 rings (SSSR count). The second-order valence-corrected chi connectivity index (χ2v) is 4.73. The van der Waals surface area contributed by atoms with E-state index in [1.807, 2.05) is 0 Å². The first kappa shape index (κ1) is 10.6. The summed E-state index contributed by atoms with van der Waals surface area (Å²) < 4.78 is 13.0. The lowest BCUT2D eigenvalue weighted by Crippen LogP contribution is -2.22. The maximum atomic E-state index is 13.0. The summed E-state index contributed by atoms with van der Waals surface area (Å²) in [4.78, 5) is 7.54. The summed E-state index contributed by atoms with van der Waals surface area (Å²) in [5.41, 5.74) is 1.56. The highest BCUT2D eigenvalue weighted by Gasteiger charge is 2.14. The highest BCUT2D eigenvalue weighted by molar-refractivity contribution is 5.77. The molecule has 0 amide bonds. The van der Waals surface area contributed by atoms with Gasteiger partial charge in [-0.3, -0.25) is 0 Å². The van der Waals surface area contributed by atoms with Gasteiger partial charge in [-0.25, -0.2) is 9.37 Å². The van der Waals surface area contributed by atoms with Crippen LogP contribution in [-0.4, -0.2) is 16.0 Å². The minimum Gasteiger partial charge on any atom is -0.353 e. The van der Waals surface area contributed by atoms with Crippen molar-refractivity contribution in [3.63, 3.8) is 0 Å². The third kappa shape index (κ3) is 2.25. The van der Waals surface area contributed by atoms with Gasteiger partial charge in [0.25, 0.3) is 0 Å². The number of fused-ring (bicyclic) bond motifs is 1. The standard InChI is InChI=1S/C13H16FN3/c14-9-6-7-11-12(8-9)17-13(16-11)15-10-4-2-1-3-5-10/h6-8,10H,1-5H2,(H2,15,16,17). The van der Waals surface area contributed by atoms with Gasteiger partial charge in [-0.15, -0.1) is 0 Å². The summed E-state index contributed by atoms with van der Waals surface area (Å²) in [6, 6.07) is 5.13. The molecule has 0 radical (unpaired) electrons. The van der Waals surface area contributed by atoms with Gasteiger partial charge in [-0.1, -0.05) is 19.3 Å². The van der Waals surface area contributed by atoms with Crippen LogP contribution in [0.25, 0.3) is 11.0 Å². The Bertz CT molecular complexity index is 514. The van der Waals surface area contributed by atoms with E-state index >= 15 is 0 Å². The fourth-order valence-corrected chi connectivity index (χ4v) is 2.49. The summed E-state index contributed by atoms with van der Waals surface area (Å²) in [5, 5.41) is 3.40. The molecule has 1 fully saturated rings. The van der Waals surface area contributed by atoms with Gasteiger partial charge in [0.15, 0.2) is 0 Å². The normalized spacial score (nSPS) is 17.5. The molecule has 1 heterocycles. The van der Waals surface area contributed by atoms with E-state index in [2.05, 4.69) is 15.3 Å². The predicted molar refractivity (Wildman–Crippen MR) is 66.5 cm³/mol. The molecule has 17 heavy (non-hydrogen) atoms. The largest absolute Gasteiger partial charge is 0.353 e. The van der Waals surface area contributed by atoms with E-state index < -0.39 is 0 Å². The number of aromatic nitrogens is 2. The van der Waals surface area contributed by atoms with Crippen LogP contribution in [0.3, 0.4) is 0 Å². The molecule has 0 atom stereocenters. The lowest BCUT2D eigenvalue weighted by molar-refractivity contribution is 0.461. The van der Waals surface area contributed by atoms with E-state index in [0.29, 0.717) is 6.04 Å². The number of rotatable bonds is 2. The van der Waals surface area contributed by atoms with Crippen LogP contribution in [0.5, 0.6) is 0 Å². The number of halogens is 1. The Morgan fingerprint density at radius 1 is 1.24 bits per heavy atom. The Morgan fingerprint density at radius 2 is 2.06 bits per heavy atom. The third-order valence-corrected chi connectivity index (χ3v) is 3.39. The first-order chi connectivity index (χ1) is 8.31. The van der Waals surface area contributed by atoms with Gasteiger partial charge in [0.2, 0.25) is 5.95 Å². The monoisotopic (exact) mass is 233 g/mol. The van der Waals surface area contributed by atoms with Crippen LogP contribution >= 0.6 is 0 Å².